The Hall–Kier alpha value is -0.620. The van der Waals surface area contributed by atoms with Crippen LogP contribution in [0.2, 0.25) is 0 Å². The van der Waals surface area contributed by atoms with Crippen molar-refractivity contribution in [2.45, 2.75) is 6.61 Å². The number of hydrogen-bond acceptors (Lipinski definition) is 2. The highest BCUT2D eigenvalue weighted by atomic mass is 127. The number of imidazole rings is 1. The summed E-state index contributed by atoms with van der Waals surface area (Å²) in [7, 11) is -2.38. The molecular weight excluding hydrogens is 279 g/mol. The maximum atomic E-state index is 6.96. The number of hydrogen-bond donors (Lipinski definition) is 0. The van der Waals surface area contributed by atoms with Crippen LogP contribution in [0.25, 0.3) is 5.65 Å². The molecule has 0 amide bonds. The van der Waals surface area contributed by atoms with E-state index >= 15 is 0 Å². The third-order valence-corrected chi connectivity index (χ3v) is 2.89. The maximum Gasteiger partial charge on any atom is 0.137 e. The molecule has 0 fully saturated rings. The fourth-order valence-electron chi connectivity index (χ4n) is 1.17. The first-order valence-electron chi connectivity index (χ1n) is 5.23. The largest absolute Gasteiger partial charge is 0.378 e. The summed E-state index contributed by atoms with van der Waals surface area (Å²) in [5.41, 5.74) is 1.43. The van der Waals surface area contributed by atoms with E-state index < -0.39 is 7.04 Å². The lowest BCUT2D eigenvalue weighted by Crippen LogP contribution is -1.91. The van der Waals surface area contributed by atoms with Gasteiger partial charge in [-0.15, -0.1) is 0 Å². The van der Waals surface area contributed by atoms with Gasteiger partial charge in [-0.05, 0) is 34.7 Å². The summed E-state index contributed by atoms with van der Waals surface area (Å²) >= 11 is 2.12. The van der Waals surface area contributed by atoms with Gasteiger partial charge in [0.05, 0.1) is 16.4 Å². The second kappa shape index (κ2) is 3.63. The van der Waals surface area contributed by atoms with Crippen LogP contribution in [0.1, 0.15) is 9.81 Å². The lowest BCUT2D eigenvalue weighted by molar-refractivity contribution is 0.181. The van der Waals surface area contributed by atoms with Crippen LogP contribution in [0.15, 0.2) is 24.4 Å². The number of fused-ring (bicyclic) bond motifs is 1. The Morgan fingerprint density at radius 1 is 1.69 bits per heavy atom. The third-order valence-electron chi connectivity index (χ3n) is 1.75. The van der Waals surface area contributed by atoms with Gasteiger partial charge in [0.2, 0.25) is 0 Å². The molecule has 0 atom stereocenters. The molecule has 2 aromatic heterocycles. The van der Waals surface area contributed by atoms with Crippen LogP contribution in [0.3, 0.4) is 0 Å². The molecule has 2 heterocycles. The van der Waals surface area contributed by atoms with Gasteiger partial charge in [0.25, 0.3) is 0 Å². The summed E-state index contributed by atoms with van der Waals surface area (Å²) in [4.78, 5) is 4.30. The lowest BCUT2D eigenvalue weighted by atomic mass is 10.5. The number of pyridine rings is 1. The van der Waals surface area contributed by atoms with Crippen molar-refractivity contribution >= 4 is 28.2 Å². The predicted octanol–water partition coefficient (Wildman–Crippen LogP) is 2.09. The van der Waals surface area contributed by atoms with Gasteiger partial charge in [-0.2, -0.15) is 0 Å². The summed E-state index contributed by atoms with van der Waals surface area (Å²) < 4.78 is 28.4. The van der Waals surface area contributed by atoms with E-state index in [2.05, 4.69) is 27.6 Å². The Labute approximate surface area is 94.1 Å². The van der Waals surface area contributed by atoms with Crippen molar-refractivity contribution in [2.24, 2.45) is 0 Å². The van der Waals surface area contributed by atoms with E-state index in [4.69, 9.17) is 8.85 Å². The Morgan fingerprint density at radius 2 is 2.62 bits per heavy atom. The first-order chi connectivity index (χ1) is 7.47. The van der Waals surface area contributed by atoms with Crippen molar-refractivity contribution < 1.29 is 8.85 Å². The van der Waals surface area contributed by atoms with E-state index in [1.165, 1.54) is 0 Å². The maximum absolute atomic E-state index is 6.96. The summed E-state index contributed by atoms with van der Waals surface area (Å²) in [5.74, 6) is 0. The molecular formula is C9H9IN2O. The quantitative estimate of drug-likeness (QED) is 0.792. The van der Waals surface area contributed by atoms with Crippen molar-refractivity contribution in [3.05, 3.63) is 33.8 Å². The minimum absolute atomic E-state index is 0.00352. The monoisotopic (exact) mass is 291 g/mol. The molecule has 0 spiro atoms. The Balaban J connectivity index is 2.28. The van der Waals surface area contributed by atoms with Crippen molar-refractivity contribution in [1.29, 1.82) is 0 Å². The van der Waals surface area contributed by atoms with Crippen LogP contribution in [-0.4, -0.2) is 16.4 Å². The van der Waals surface area contributed by atoms with Crippen LogP contribution in [0.5, 0.6) is 0 Å². The zero-order chi connectivity index (χ0) is 11.8. The van der Waals surface area contributed by atoms with E-state index in [0.29, 0.717) is 5.69 Å². The smallest absolute Gasteiger partial charge is 0.137 e. The summed E-state index contributed by atoms with van der Waals surface area (Å²) in [5, 5.41) is 0. The van der Waals surface area contributed by atoms with E-state index in [1.54, 1.807) is 0 Å². The molecule has 4 heteroatoms. The summed E-state index contributed by atoms with van der Waals surface area (Å²) in [6.45, 7) is -0.00352. The van der Waals surface area contributed by atoms with Gasteiger partial charge in [0.1, 0.15) is 9.35 Å². The number of rotatable bonds is 2. The van der Waals surface area contributed by atoms with Crippen LogP contribution >= 0.6 is 22.6 Å². The molecule has 13 heavy (non-hydrogen) atoms. The average molecular weight is 291 g/mol. The van der Waals surface area contributed by atoms with Crippen molar-refractivity contribution in [1.82, 2.24) is 9.38 Å². The molecule has 2 rings (SSSR count). The van der Waals surface area contributed by atoms with E-state index in [1.807, 2.05) is 28.8 Å². The van der Waals surface area contributed by atoms with E-state index in [-0.39, 0.29) is 6.61 Å². The Bertz CT molecular complexity index is 509. The molecule has 0 aromatic carbocycles. The molecule has 0 bridgehead atoms. The standard InChI is InChI=1S/C9H9IN2O/c1-13-6-7-9(10)12-5-3-2-4-8(12)11-7/h2-5H,6H2,1H3/i1D3. The van der Waals surface area contributed by atoms with Crippen molar-refractivity contribution in [3.8, 4) is 0 Å². The van der Waals surface area contributed by atoms with Gasteiger partial charge >= 0.3 is 0 Å². The topological polar surface area (TPSA) is 26.5 Å². The molecule has 0 aliphatic rings. The Kier molecular flexibility index (Phi) is 1.67. The van der Waals surface area contributed by atoms with Gasteiger partial charge in [-0.3, -0.25) is 4.40 Å². The first kappa shape index (κ1) is 5.98. The molecule has 3 nitrogen and oxygen atoms in total. The van der Waals surface area contributed by atoms with E-state index in [9.17, 15) is 0 Å². The highest BCUT2D eigenvalue weighted by molar-refractivity contribution is 14.1. The average Bonchev–Trinajstić information content (AvgIpc) is 2.53. The van der Waals surface area contributed by atoms with Gasteiger partial charge < -0.3 is 4.74 Å². The third kappa shape index (κ3) is 1.55. The van der Waals surface area contributed by atoms with Crippen LogP contribution < -0.4 is 0 Å². The number of methoxy groups -OCH3 is 1. The second-order valence-corrected chi connectivity index (χ2v) is 3.59. The molecule has 0 saturated carbocycles. The second-order valence-electron chi connectivity index (χ2n) is 2.57. The zero-order valence-corrected chi connectivity index (χ0v) is 8.85. The SMILES string of the molecule is [2H]C([2H])([2H])OCc1nc2ccccn2c1I. The fraction of sp³-hybridized carbons (Fsp3) is 0.222. The van der Waals surface area contributed by atoms with Gasteiger partial charge in [-0.1, -0.05) is 6.07 Å². The number of halogens is 1. The number of aromatic nitrogens is 2. The van der Waals surface area contributed by atoms with Crippen molar-refractivity contribution in [3.63, 3.8) is 0 Å². The van der Waals surface area contributed by atoms with E-state index in [0.717, 1.165) is 9.35 Å². The number of ether oxygens (including phenoxy) is 1. The van der Waals surface area contributed by atoms with Gasteiger partial charge in [0, 0.05) is 13.2 Å². The minimum atomic E-state index is -2.38. The van der Waals surface area contributed by atoms with Crippen molar-refractivity contribution in [2.75, 3.05) is 7.04 Å². The predicted molar refractivity (Wildman–Crippen MR) is 58.6 cm³/mol. The molecule has 68 valence electrons. The molecule has 0 unspecified atom stereocenters. The molecule has 0 radical (unpaired) electrons. The van der Waals surface area contributed by atoms with Gasteiger partial charge in [-0.25, -0.2) is 4.98 Å². The fourth-order valence-corrected chi connectivity index (χ4v) is 1.86. The summed E-state index contributed by atoms with van der Waals surface area (Å²) in [6, 6.07) is 5.64. The highest BCUT2D eigenvalue weighted by Gasteiger charge is 2.07. The molecule has 0 saturated heterocycles. The highest BCUT2D eigenvalue weighted by Crippen LogP contribution is 2.15. The Morgan fingerprint density at radius 3 is 3.38 bits per heavy atom. The molecule has 0 aliphatic carbocycles. The zero-order valence-electron chi connectivity index (χ0n) is 9.70. The molecule has 2 aromatic rings. The van der Waals surface area contributed by atoms with Gasteiger partial charge in [0.15, 0.2) is 0 Å². The van der Waals surface area contributed by atoms with Crippen LogP contribution in [-0.2, 0) is 11.3 Å². The van der Waals surface area contributed by atoms with Crippen LogP contribution in [0.4, 0.5) is 0 Å². The molecule has 0 aliphatic heterocycles. The summed E-state index contributed by atoms with van der Waals surface area (Å²) in [6.07, 6.45) is 1.88. The lowest BCUT2D eigenvalue weighted by Gasteiger charge is -1.94. The first-order valence-corrected chi connectivity index (χ1v) is 4.81. The normalized spacial score (nSPS) is 15.3. The van der Waals surface area contributed by atoms with Crippen LogP contribution in [0, 0.1) is 3.70 Å². The minimum Gasteiger partial charge on any atom is -0.378 e. The molecule has 0 N–H and O–H groups in total. The number of nitrogens with zero attached hydrogens (tertiary/aromatic N) is 2.